The molecule has 1 unspecified atom stereocenters. The summed E-state index contributed by atoms with van der Waals surface area (Å²) in [5, 5.41) is 0. The molecular weight excluding hydrogens is 593 g/mol. The van der Waals surface area contributed by atoms with Crippen LogP contribution in [0.15, 0.2) is 137 Å². The van der Waals surface area contributed by atoms with Crippen molar-refractivity contribution < 1.29 is 0 Å². The third-order valence-electron chi connectivity index (χ3n) is 12.2. The van der Waals surface area contributed by atoms with Gasteiger partial charge in [-0.25, -0.2) is 0 Å². The van der Waals surface area contributed by atoms with Gasteiger partial charge in [0.15, 0.2) is 0 Å². The van der Waals surface area contributed by atoms with Crippen LogP contribution >= 0.6 is 0 Å². The molecule has 0 aliphatic heterocycles. The molecule has 0 heterocycles. The summed E-state index contributed by atoms with van der Waals surface area (Å²) < 4.78 is 0. The third-order valence-corrected chi connectivity index (χ3v) is 12.2. The Hall–Kier alpha value is -4.00. The summed E-state index contributed by atoms with van der Waals surface area (Å²) in [5.41, 5.74) is 15.9. The first-order chi connectivity index (χ1) is 23.9. The standard InChI is InChI=1S/C47H56N2/c1-35-9-8-10-41(22-11-35)48(42-23-12-36(2)13-24-42)45-29-18-39(19-30-45)47(33-6-5-7-34-47)40-20-31-46(32-21-40)49(43-25-14-37(3)15-26-43)44-27-16-38(4)17-28-44/h8,10-18,22-27,29,40,44,46H,5-7,19-21,28,30-34H2,1-4H3. The number of hydrogen-bond acceptors (Lipinski definition) is 2. The van der Waals surface area contributed by atoms with Crippen molar-refractivity contribution in [3.8, 4) is 0 Å². The number of benzene rings is 2. The third kappa shape index (κ3) is 7.32. The van der Waals surface area contributed by atoms with Gasteiger partial charge in [-0.15, -0.1) is 5.73 Å². The van der Waals surface area contributed by atoms with Crippen molar-refractivity contribution in [2.45, 2.75) is 117 Å². The maximum atomic E-state index is 3.39. The molecule has 0 radical (unpaired) electrons. The minimum absolute atomic E-state index is 0.366. The molecule has 1 atom stereocenters. The van der Waals surface area contributed by atoms with Crippen LogP contribution < -0.4 is 9.80 Å². The minimum Gasteiger partial charge on any atom is -0.362 e. The summed E-state index contributed by atoms with van der Waals surface area (Å²) in [5.74, 6) is 0.786. The van der Waals surface area contributed by atoms with E-state index in [0.717, 1.165) is 24.3 Å². The van der Waals surface area contributed by atoms with E-state index in [1.54, 1.807) is 5.57 Å². The van der Waals surface area contributed by atoms with E-state index in [4.69, 9.17) is 0 Å². The molecule has 2 aromatic rings. The van der Waals surface area contributed by atoms with Crippen molar-refractivity contribution >= 4 is 11.4 Å². The van der Waals surface area contributed by atoms with Crippen LogP contribution in [0.3, 0.4) is 0 Å². The zero-order valence-electron chi connectivity index (χ0n) is 30.4. The van der Waals surface area contributed by atoms with Crippen molar-refractivity contribution in [2.75, 3.05) is 9.80 Å². The van der Waals surface area contributed by atoms with Crippen molar-refractivity contribution in [1.82, 2.24) is 0 Å². The van der Waals surface area contributed by atoms with Crippen LogP contribution in [0.4, 0.5) is 11.4 Å². The van der Waals surface area contributed by atoms with Gasteiger partial charge in [0.25, 0.3) is 0 Å². The van der Waals surface area contributed by atoms with Crippen molar-refractivity contribution in [3.05, 3.63) is 148 Å². The van der Waals surface area contributed by atoms with Gasteiger partial charge < -0.3 is 9.80 Å². The molecule has 254 valence electrons. The predicted octanol–water partition coefficient (Wildman–Crippen LogP) is 12.6. The molecule has 0 bridgehead atoms. The molecule has 2 nitrogen and oxygen atoms in total. The first kappa shape index (κ1) is 33.5. The lowest BCUT2D eigenvalue weighted by Gasteiger charge is -2.51. The second-order valence-corrected chi connectivity index (χ2v) is 15.5. The summed E-state index contributed by atoms with van der Waals surface area (Å²) in [6, 6.07) is 19.4. The lowest BCUT2D eigenvalue weighted by Crippen LogP contribution is -2.47. The Bertz CT molecular complexity index is 1730. The maximum absolute atomic E-state index is 3.39. The minimum atomic E-state index is 0.366. The lowest BCUT2D eigenvalue weighted by molar-refractivity contribution is 0.0950. The molecule has 5 aliphatic rings. The van der Waals surface area contributed by atoms with Gasteiger partial charge in [0.2, 0.25) is 0 Å². The zero-order valence-corrected chi connectivity index (χ0v) is 30.4. The highest BCUT2D eigenvalue weighted by atomic mass is 15.2. The van der Waals surface area contributed by atoms with Crippen LogP contribution in [-0.4, -0.2) is 12.1 Å². The highest BCUT2D eigenvalue weighted by Gasteiger charge is 2.45. The Labute approximate surface area is 296 Å². The average molecular weight is 649 g/mol. The fourth-order valence-electron chi connectivity index (χ4n) is 9.52. The van der Waals surface area contributed by atoms with E-state index in [2.05, 4.69) is 146 Å². The fourth-order valence-corrected chi connectivity index (χ4v) is 9.52. The molecule has 2 aromatic carbocycles. The first-order valence-electron chi connectivity index (χ1n) is 19.2. The molecule has 5 aliphatic carbocycles. The molecule has 0 spiro atoms. The summed E-state index contributed by atoms with van der Waals surface area (Å²) in [7, 11) is 0. The van der Waals surface area contributed by atoms with E-state index >= 15 is 0 Å². The van der Waals surface area contributed by atoms with E-state index in [-0.39, 0.29) is 0 Å². The quantitative estimate of drug-likeness (QED) is 0.263. The molecule has 2 fully saturated rings. The van der Waals surface area contributed by atoms with Crippen molar-refractivity contribution in [1.29, 1.82) is 0 Å². The second-order valence-electron chi connectivity index (χ2n) is 15.5. The van der Waals surface area contributed by atoms with Crippen LogP contribution in [0.1, 0.15) is 102 Å². The molecule has 0 N–H and O–H groups in total. The lowest BCUT2D eigenvalue weighted by atomic mass is 9.56. The Morgan fingerprint density at radius 2 is 1.39 bits per heavy atom. The summed E-state index contributed by atoms with van der Waals surface area (Å²) in [6.45, 7) is 8.73. The van der Waals surface area contributed by atoms with E-state index in [9.17, 15) is 0 Å². The molecule has 7 rings (SSSR count). The molecule has 0 amide bonds. The zero-order chi connectivity index (χ0) is 33.8. The van der Waals surface area contributed by atoms with Crippen molar-refractivity contribution in [2.24, 2.45) is 11.3 Å². The molecular formula is C47H56N2. The summed E-state index contributed by atoms with van der Waals surface area (Å²) >= 11 is 0. The first-order valence-corrected chi connectivity index (χ1v) is 19.2. The SMILES string of the molecule is CC1=C=CC=C(N(C2=CC=C(C3(C4CCC(N(c5ccc(C)cc5)C5C=CC(C)=CC5)CC4)CCCCC3)CC2)c2ccc(C)cc2)C=C1. The molecule has 2 heteroatoms. The Morgan fingerprint density at radius 1 is 0.694 bits per heavy atom. The van der Waals surface area contributed by atoms with Crippen LogP contribution in [0.2, 0.25) is 0 Å². The molecule has 2 saturated carbocycles. The fraction of sp³-hybridized carbons (Fsp3) is 0.426. The van der Waals surface area contributed by atoms with E-state index in [0.29, 0.717) is 17.5 Å². The number of nitrogens with zero attached hydrogens (tertiary/aromatic N) is 2. The number of rotatable bonds is 8. The molecule has 49 heavy (non-hydrogen) atoms. The number of allylic oxidation sites excluding steroid dienone is 10. The van der Waals surface area contributed by atoms with Crippen molar-refractivity contribution in [3.63, 3.8) is 0 Å². The van der Waals surface area contributed by atoms with Gasteiger partial charge in [-0.2, -0.15) is 0 Å². The van der Waals surface area contributed by atoms with Gasteiger partial charge in [-0.1, -0.05) is 90.1 Å². The van der Waals surface area contributed by atoms with Gasteiger partial charge in [0, 0.05) is 28.8 Å². The summed E-state index contributed by atoms with van der Waals surface area (Å²) in [4.78, 5) is 5.27. The summed E-state index contributed by atoms with van der Waals surface area (Å²) in [6.07, 6.45) is 36.6. The average Bonchev–Trinajstić information content (AvgIpc) is 3.36. The van der Waals surface area contributed by atoms with Gasteiger partial charge in [-0.3, -0.25) is 0 Å². The van der Waals surface area contributed by atoms with Gasteiger partial charge in [0.05, 0.1) is 6.04 Å². The molecule has 0 aromatic heterocycles. The predicted molar refractivity (Wildman–Crippen MR) is 210 cm³/mol. The largest absolute Gasteiger partial charge is 0.362 e. The normalized spacial score (nSPS) is 25.0. The van der Waals surface area contributed by atoms with Crippen LogP contribution in [-0.2, 0) is 0 Å². The van der Waals surface area contributed by atoms with E-state index in [1.807, 2.05) is 0 Å². The number of anilines is 2. The monoisotopic (exact) mass is 648 g/mol. The second kappa shape index (κ2) is 14.9. The smallest absolute Gasteiger partial charge is 0.0513 e. The van der Waals surface area contributed by atoms with E-state index in [1.165, 1.54) is 104 Å². The van der Waals surface area contributed by atoms with Crippen LogP contribution in [0, 0.1) is 25.2 Å². The Balaban J connectivity index is 1.14. The van der Waals surface area contributed by atoms with Gasteiger partial charge in [0.1, 0.15) is 0 Å². The Kier molecular flexibility index (Phi) is 10.2. The van der Waals surface area contributed by atoms with Crippen LogP contribution in [0.25, 0.3) is 0 Å². The number of hydrogen-bond donors (Lipinski definition) is 0. The van der Waals surface area contributed by atoms with E-state index < -0.39 is 0 Å². The highest BCUT2D eigenvalue weighted by Crippen LogP contribution is 2.55. The highest BCUT2D eigenvalue weighted by molar-refractivity contribution is 5.63. The Morgan fingerprint density at radius 3 is 2.02 bits per heavy atom. The maximum Gasteiger partial charge on any atom is 0.0513 e. The van der Waals surface area contributed by atoms with Gasteiger partial charge in [-0.05, 0) is 157 Å². The number of aryl methyl sites for hydroxylation is 2. The van der Waals surface area contributed by atoms with Crippen LogP contribution in [0.5, 0.6) is 0 Å². The molecule has 0 saturated heterocycles. The topological polar surface area (TPSA) is 6.48 Å². The van der Waals surface area contributed by atoms with Gasteiger partial charge >= 0.3 is 0 Å².